The van der Waals surface area contributed by atoms with E-state index in [2.05, 4.69) is 10.4 Å². The molecule has 2 rings (SSSR count). The van der Waals surface area contributed by atoms with Crippen molar-refractivity contribution in [3.63, 3.8) is 0 Å². The fraction of sp³-hybridized carbons (Fsp3) is 0.375. The average molecular weight is 303 g/mol. The summed E-state index contributed by atoms with van der Waals surface area (Å²) in [5.41, 5.74) is 0.913. The Labute approximate surface area is 130 Å². The largest absolute Gasteiger partial charge is 0.497 e. The standard InChI is InChI=1S/C16H21N3O3/c1-12(14-6-5-13(21-2)11-15(14)22-3)18-16(20)7-10-19-9-4-8-17-19/h4-6,8-9,11-12H,7,10H2,1-3H3,(H,18,20). The molecule has 6 heteroatoms. The number of rotatable bonds is 7. The van der Waals surface area contributed by atoms with E-state index in [1.807, 2.05) is 37.4 Å². The van der Waals surface area contributed by atoms with Gasteiger partial charge in [-0.2, -0.15) is 5.10 Å². The van der Waals surface area contributed by atoms with Crippen molar-refractivity contribution in [3.8, 4) is 11.5 Å². The molecule has 0 aliphatic rings. The van der Waals surface area contributed by atoms with Gasteiger partial charge < -0.3 is 14.8 Å². The summed E-state index contributed by atoms with van der Waals surface area (Å²) in [5, 5.41) is 7.04. The molecule has 1 unspecified atom stereocenters. The number of hydrogen-bond acceptors (Lipinski definition) is 4. The SMILES string of the molecule is COc1ccc(C(C)NC(=O)CCn2cccn2)c(OC)c1. The Morgan fingerprint density at radius 1 is 1.36 bits per heavy atom. The lowest BCUT2D eigenvalue weighted by Crippen LogP contribution is -2.27. The predicted octanol–water partition coefficient (Wildman–Crippen LogP) is 2.17. The number of amides is 1. The maximum atomic E-state index is 12.0. The predicted molar refractivity (Wildman–Crippen MR) is 82.9 cm³/mol. The van der Waals surface area contributed by atoms with Crippen molar-refractivity contribution < 1.29 is 14.3 Å². The maximum absolute atomic E-state index is 12.0. The van der Waals surface area contributed by atoms with Crippen molar-refractivity contribution in [1.82, 2.24) is 15.1 Å². The quantitative estimate of drug-likeness (QED) is 0.851. The summed E-state index contributed by atoms with van der Waals surface area (Å²) in [6, 6.07) is 7.25. The summed E-state index contributed by atoms with van der Waals surface area (Å²) < 4.78 is 12.3. The molecule has 1 N–H and O–H groups in total. The lowest BCUT2D eigenvalue weighted by Gasteiger charge is -2.18. The third kappa shape index (κ3) is 4.00. The molecule has 2 aromatic rings. The lowest BCUT2D eigenvalue weighted by atomic mass is 10.1. The number of nitrogens with one attached hydrogen (secondary N) is 1. The minimum atomic E-state index is -0.147. The highest BCUT2D eigenvalue weighted by Gasteiger charge is 2.14. The Morgan fingerprint density at radius 3 is 2.82 bits per heavy atom. The first-order chi connectivity index (χ1) is 10.6. The summed E-state index contributed by atoms with van der Waals surface area (Å²) in [4.78, 5) is 12.0. The molecule has 22 heavy (non-hydrogen) atoms. The van der Waals surface area contributed by atoms with Crippen LogP contribution < -0.4 is 14.8 Å². The van der Waals surface area contributed by atoms with E-state index in [9.17, 15) is 4.79 Å². The highest BCUT2D eigenvalue weighted by atomic mass is 16.5. The van der Waals surface area contributed by atoms with Crippen LogP contribution in [0.15, 0.2) is 36.7 Å². The summed E-state index contributed by atoms with van der Waals surface area (Å²) in [7, 11) is 3.21. The first-order valence-corrected chi connectivity index (χ1v) is 7.12. The number of methoxy groups -OCH3 is 2. The van der Waals surface area contributed by atoms with Crippen molar-refractivity contribution in [3.05, 3.63) is 42.2 Å². The van der Waals surface area contributed by atoms with Crippen molar-refractivity contribution in [2.75, 3.05) is 14.2 Å². The molecule has 6 nitrogen and oxygen atoms in total. The molecule has 1 aromatic heterocycles. The van der Waals surface area contributed by atoms with E-state index in [-0.39, 0.29) is 11.9 Å². The molecule has 1 atom stereocenters. The molecule has 0 saturated heterocycles. The summed E-state index contributed by atoms with van der Waals surface area (Å²) in [5.74, 6) is 1.39. The highest BCUT2D eigenvalue weighted by Crippen LogP contribution is 2.29. The van der Waals surface area contributed by atoms with Crippen molar-refractivity contribution >= 4 is 5.91 Å². The molecule has 1 heterocycles. The first kappa shape index (κ1) is 15.9. The Hall–Kier alpha value is -2.50. The molecule has 0 aliphatic carbocycles. The van der Waals surface area contributed by atoms with Crippen molar-refractivity contribution in [1.29, 1.82) is 0 Å². The molecule has 1 amide bonds. The minimum Gasteiger partial charge on any atom is -0.497 e. The number of carbonyl (C=O) groups is 1. The van der Waals surface area contributed by atoms with Crippen molar-refractivity contribution in [2.24, 2.45) is 0 Å². The molecule has 0 radical (unpaired) electrons. The van der Waals surface area contributed by atoms with Gasteiger partial charge in [0.05, 0.1) is 20.3 Å². The molecular formula is C16H21N3O3. The molecule has 0 aliphatic heterocycles. The smallest absolute Gasteiger partial charge is 0.222 e. The zero-order valence-electron chi connectivity index (χ0n) is 13.1. The third-order valence-corrected chi connectivity index (χ3v) is 3.41. The summed E-state index contributed by atoms with van der Waals surface area (Å²) in [6.45, 7) is 2.49. The van der Waals surface area contributed by atoms with E-state index in [1.54, 1.807) is 25.1 Å². The van der Waals surface area contributed by atoms with Crippen LogP contribution in [0.25, 0.3) is 0 Å². The number of aryl methyl sites for hydroxylation is 1. The van der Waals surface area contributed by atoms with Crippen LogP contribution in [-0.2, 0) is 11.3 Å². The van der Waals surface area contributed by atoms with Gasteiger partial charge in [0, 0.05) is 37.0 Å². The van der Waals surface area contributed by atoms with E-state index in [4.69, 9.17) is 9.47 Å². The monoisotopic (exact) mass is 303 g/mol. The van der Waals surface area contributed by atoms with Gasteiger partial charge in [0.1, 0.15) is 11.5 Å². The summed E-state index contributed by atoms with van der Waals surface area (Å²) in [6.07, 6.45) is 3.91. The Balaban J connectivity index is 1.96. The number of aromatic nitrogens is 2. The van der Waals surface area contributed by atoms with Crippen LogP contribution in [-0.4, -0.2) is 29.9 Å². The maximum Gasteiger partial charge on any atom is 0.222 e. The van der Waals surface area contributed by atoms with Gasteiger partial charge in [-0.05, 0) is 25.1 Å². The summed E-state index contributed by atoms with van der Waals surface area (Å²) >= 11 is 0. The molecular weight excluding hydrogens is 282 g/mol. The van der Waals surface area contributed by atoms with Crippen LogP contribution in [0.2, 0.25) is 0 Å². The van der Waals surface area contributed by atoms with Gasteiger partial charge in [-0.15, -0.1) is 0 Å². The Bertz CT molecular complexity index is 611. The van der Waals surface area contributed by atoms with E-state index in [1.165, 1.54) is 0 Å². The lowest BCUT2D eigenvalue weighted by molar-refractivity contribution is -0.122. The second-order valence-corrected chi connectivity index (χ2v) is 4.92. The Kier molecular flexibility index (Phi) is 5.41. The molecule has 1 aromatic carbocycles. The van der Waals surface area contributed by atoms with E-state index >= 15 is 0 Å². The topological polar surface area (TPSA) is 65.4 Å². The second-order valence-electron chi connectivity index (χ2n) is 4.92. The van der Waals surface area contributed by atoms with Crippen LogP contribution in [0.1, 0.15) is 24.9 Å². The fourth-order valence-corrected chi connectivity index (χ4v) is 2.22. The third-order valence-electron chi connectivity index (χ3n) is 3.41. The second kappa shape index (κ2) is 7.49. The van der Waals surface area contributed by atoms with Crippen LogP contribution >= 0.6 is 0 Å². The van der Waals surface area contributed by atoms with Gasteiger partial charge in [0.15, 0.2) is 0 Å². The van der Waals surface area contributed by atoms with Gasteiger partial charge in [-0.25, -0.2) is 0 Å². The number of ether oxygens (including phenoxy) is 2. The fourth-order valence-electron chi connectivity index (χ4n) is 2.22. The number of benzene rings is 1. The van der Waals surface area contributed by atoms with Gasteiger partial charge in [-0.1, -0.05) is 0 Å². The van der Waals surface area contributed by atoms with Crippen molar-refractivity contribution in [2.45, 2.75) is 25.9 Å². The van der Waals surface area contributed by atoms with Gasteiger partial charge >= 0.3 is 0 Å². The van der Waals surface area contributed by atoms with E-state index in [0.29, 0.717) is 18.7 Å². The molecule has 0 spiro atoms. The Morgan fingerprint density at radius 2 is 2.18 bits per heavy atom. The number of nitrogens with zero attached hydrogens (tertiary/aromatic N) is 2. The van der Waals surface area contributed by atoms with Crippen LogP contribution in [0.4, 0.5) is 0 Å². The zero-order valence-corrected chi connectivity index (χ0v) is 13.1. The number of carbonyl (C=O) groups excluding carboxylic acids is 1. The minimum absolute atomic E-state index is 0.0270. The first-order valence-electron chi connectivity index (χ1n) is 7.12. The van der Waals surface area contributed by atoms with Crippen LogP contribution in [0.5, 0.6) is 11.5 Å². The molecule has 0 bridgehead atoms. The molecule has 0 fully saturated rings. The van der Waals surface area contributed by atoms with Crippen LogP contribution in [0, 0.1) is 0 Å². The van der Waals surface area contributed by atoms with E-state index in [0.717, 1.165) is 11.3 Å². The number of hydrogen-bond donors (Lipinski definition) is 1. The zero-order chi connectivity index (χ0) is 15.9. The van der Waals surface area contributed by atoms with Gasteiger partial charge in [0.25, 0.3) is 0 Å². The van der Waals surface area contributed by atoms with Gasteiger partial charge in [0.2, 0.25) is 5.91 Å². The normalized spacial score (nSPS) is 11.8. The van der Waals surface area contributed by atoms with Gasteiger partial charge in [-0.3, -0.25) is 9.48 Å². The highest BCUT2D eigenvalue weighted by molar-refractivity contribution is 5.76. The van der Waals surface area contributed by atoms with E-state index < -0.39 is 0 Å². The molecule has 118 valence electrons. The van der Waals surface area contributed by atoms with Crippen LogP contribution in [0.3, 0.4) is 0 Å². The molecule has 0 saturated carbocycles. The average Bonchev–Trinajstić information content (AvgIpc) is 3.05.